The third-order valence-corrected chi connectivity index (χ3v) is 6.42. The number of rotatable bonds is 6. The minimum Gasteiger partial charge on any atom is -0.349 e. The average molecular weight is 411 g/mol. The van der Waals surface area contributed by atoms with E-state index >= 15 is 0 Å². The summed E-state index contributed by atoms with van der Waals surface area (Å²) in [4.78, 5) is 29.5. The van der Waals surface area contributed by atoms with Crippen LogP contribution in [0.15, 0.2) is 46.6 Å². The molecule has 1 amide bonds. The van der Waals surface area contributed by atoms with Gasteiger partial charge in [0.25, 0.3) is 11.5 Å². The highest BCUT2D eigenvalue weighted by atomic mass is 32.1. The van der Waals surface area contributed by atoms with Gasteiger partial charge in [-0.15, -0.1) is 11.3 Å². The fourth-order valence-electron chi connectivity index (χ4n) is 3.94. The molecule has 152 valence electrons. The van der Waals surface area contributed by atoms with Gasteiger partial charge < -0.3 is 5.32 Å². The Morgan fingerprint density at radius 1 is 1.14 bits per heavy atom. The Bertz CT molecular complexity index is 1050. The normalized spacial score (nSPS) is 15.8. The second-order valence-corrected chi connectivity index (χ2v) is 8.70. The van der Waals surface area contributed by atoms with E-state index in [1.165, 1.54) is 22.4 Å². The molecular weight excluding hydrogens is 384 g/mol. The molecule has 2 aromatic heterocycles. The van der Waals surface area contributed by atoms with Crippen molar-refractivity contribution >= 4 is 28.0 Å². The van der Waals surface area contributed by atoms with Crippen molar-refractivity contribution in [2.24, 2.45) is 0 Å². The first-order valence-electron chi connectivity index (χ1n) is 10.1. The molecule has 0 aliphatic carbocycles. The third kappa shape index (κ3) is 3.97. The number of benzene rings is 1. The van der Waals surface area contributed by atoms with Crippen molar-refractivity contribution in [2.45, 2.75) is 38.8 Å². The Labute approximate surface area is 174 Å². The summed E-state index contributed by atoms with van der Waals surface area (Å²) < 4.78 is 1.40. The van der Waals surface area contributed by atoms with Crippen LogP contribution in [0.1, 0.15) is 54.1 Å². The number of carbonyl (C=O) groups excluding carboxylic acids is 1. The highest BCUT2D eigenvalue weighted by molar-refractivity contribution is 7.10. The molecule has 6 nitrogen and oxygen atoms in total. The largest absolute Gasteiger partial charge is 0.349 e. The van der Waals surface area contributed by atoms with E-state index in [1.807, 2.05) is 26.0 Å². The van der Waals surface area contributed by atoms with Gasteiger partial charge in [0.15, 0.2) is 5.69 Å². The van der Waals surface area contributed by atoms with Gasteiger partial charge in [0.1, 0.15) is 0 Å². The quantitative estimate of drug-likeness (QED) is 0.674. The van der Waals surface area contributed by atoms with Gasteiger partial charge >= 0.3 is 0 Å². The van der Waals surface area contributed by atoms with Crippen LogP contribution in [0.3, 0.4) is 0 Å². The molecule has 0 radical (unpaired) electrons. The number of aromatic nitrogens is 2. The molecule has 1 N–H and O–H groups in total. The predicted octanol–water partition coefficient (Wildman–Crippen LogP) is 3.61. The zero-order valence-electron chi connectivity index (χ0n) is 16.8. The van der Waals surface area contributed by atoms with Crippen molar-refractivity contribution < 1.29 is 4.79 Å². The summed E-state index contributed by atoms with van der Waals surface area (Å²) in [6.45, 7) is 6.42. The van der Waals surface area contributed by atoms with Crippen LogP contribution < -0.4 is 10.9 Å². The topological polar surface area (TPSA) is 67.2 Å². The lowest BCUT2D eigenvalue weighted by molar-refractivity contribution is 0.0932. The van der Waals surface area contributed by atoms with Crippen LogP contribution >= 0.6 is 11.3 Å². The predicted molar refractivity (Wildman–Crippen MR) is 117 cm³/mol. The molecule has 1 unspecified atom stereocenters. The summed E-state index contributed by atoms with van der Waals surface area (Å²) >= 11 is 1.72. The maximum atomic E-state index is 13.1. The summed E-state index contributed by atoms with van der Waals surface area (Å²) in [5.41, 5.74) is 0.140. The lowest BCUT2D eigenvalue weighted by atomic mass is 10.1. The monoisotopic (exact) mass is 410 g/mol. The molecule has 1 atom stereocenters. The number of hydrogen-bond donors (Lipinski definition) is 1. The fraction of sp³-hybridized carbons (Fsp3) is 0.409. The van der Waals surface area contributed by atoms with Crippen molar-refractivity contribution in [1.82, 2.24) is 20.0 Å². The first kappa shape index (κ1) is 19.8. The third-order valence-electron chi connectivity index (χ3n) is 5.44. The van der Waals surface area contributed by atoms with Gasteiger partial charge in [0.2, 0.25) is 0 Å². The summed E-state index contributed by atoms with van der Waals surface area (Å²) in [6.07, 6.45) is 2.39. The molecular formula is C22H26N4O2S. The Morgan fingerprint density at radius 2 is 1.86 bits per heavy atom. The highest BCUT2D eigenvalue weighted by Gasteiger charge is 2.26. The summed E-state index contributed by atoms with van der Waals surface area (Å²) in [7, 11) is 0. The lowest BCUT2D eigenvalue weighted by Gasteiger charge is -2.27. The van der Waals surface area contributed by atoms with E-state index in [-0.39, 0.29) is 23.6 Å². The SMILES string of the molecule is CC(C)n1nc(C(=O)NCC(c2cccs2)N2CCCC2)c2ccccc2c1=O. The van der Waals surface area contributed by atoms with Crippen LogP contribution in [0.5, 0.6) is 0 Å². The van der Waals surface area contributed by atoms with Gasteiger partial charge in [-0.05, 0) is 57.3 Å². The number of likely N-dealkylation sites (tertiary alicyclic amines) is 1. The molecule has 29 heavy (non-hydrogen) atoms. The Hall–Kier alpha value is -2.51. The van der Waals surface area contributed by atoms with Crippen LogP contribution in [0.25, 0.3) is 10.8 Å². The van der Waals surface area contributed by atoms with E-state index in [2.05, 4.69) is 32.8 Å². The van der Waals surface area contributed by atoms with Crippen molar-refractivity contribution in [3.05, 3.63) is 62.7 Å². The summed E-state index contributed by atoms with van der Waals surface area (Å²) in [5, 5.41) is 10.7. The van der Waals surface area contributed by atoms with Crippen LogP contribution in [0, 0.1) is 0 Å². The maximum Gasteiger partial charge on any atom is 0.274 e. The Kier molecular flexibility index (Phi) is 5.78. The van der Waals surface area contributed by atoms with Crippen molar-refractivity contribution in [1.29, 1.82) is 0 Å². The second-order valence-electron chi connectivity index (χ2n) is 7.72. The number of thiophene rings is 1. The second kappa shape index (κ2) is 8.47. The van der Waals surface area contributed by atoms with Crippen LogP contribution in [0.2, 0.25) is 0 Å². The first-order chi connectivity index (χ1) is 14.1. The molecule has 4 rings (SSSR count). The highest BCUT2D eigenvalue weighted by Crippen LogP contribution is 2.28. The van der Waals surface area contributed by atoms with E-state index < -0.39 is 0 Å². The van der Waals surface area contributed by atoms with Crippen LogP contribution in [0.4, 0.5) is 0 Å². The number of nitrogens with one attached hydrogen (secondary N) is 1. The first-order valence-corrected chi connectivity index (χ1v) is 11.0. The van der Waals surface area contributed by atoms with Crippen molar-refractivity contribution in [2.75, 3.05) is 19.6 Å². The molecule has 1 aliphatic rings. The molecule has 7 heteroatoms. The summed E-state index contributed by atoms with van der Waals surface area (Å²) in [5.74, 6) is -0.239. The van der Waals surface area contributed by atoms with E-state index in [0.29, 0.717) is 23.0 Å². The number of nitrogens with zero attached hydrogens (tertiary/aromatic N) is 3. The molecule has 1 aliphatic heterocycles. The maximum absolute atomic E-state index is 13.1. The molecule has 3 heterocycles. The Morgan fingerprint density at radius 3 is 2.52 bits per heavy atom. The summed E-state index contributed by atoms with van der Waals surface area (Å²) in [6, 6.07) is 11.4. The number of hydrogen-bond acceptors (Lipinski definition) is 5. The van der Waals surface area contributed by atoms with Gasteiger partial charge in [0, 0.05) is 16.8 Å². The van der Waals surface area contributed by atoms with Gasteiger partial charge in [-0.2, -0.15) is 5.10 Å². The molecule has 3 aromatic rings. The van der Waals surface area contributed by atoms with Crippen molar-refractivity contribution in [3.8, 4) is 0 Å². The number of carbonyl (C=O) groups is 1. The molecule has 1 aromatic carbocycles. The van der Waals surface area contributed by atoms with E-state index in [0.717, 1.165) is 13.1 Å². The zero-order valence-corrected chi connectivity index (χ0v) is 17.6. The average Bonchev–Trinajstić information content (AvgIpc) is 3.43. The van der Waals surface area contributed by atoms with E-state index in [9.17, 15) is 9.59 Å². The molecule has 0 spiro atoms. The van der Waals surface area contributed by atoms with E-state index in [4.69, 9.17) is 0 Å². The molecule has 1 saturated heterocycles. The van der Waals surface area contributed by atoms with Crippen LogP contribution in [-0.4, -0.2) is 40.2 Å². The van der Waals surface area contributed by atoms with E-state index in [1.54, 1.807) is 23.5 Å². The van der Waals surface area contributed by atoms with Gasteiger partial charge in [-0.3, -0.25) is 14.5 Å². The smallest absolute Gasteiger partial charge is 0.274 e. The molecule has 0 bridgehead atoms. The minimum atomic E-state index is -0.239. The molecule has 1 fully saturated rings. The van der Waals surface area contributed by atoms with Crippen molar-refractivity contribution in [3.63, 3.8) is 0 Å². The Balaban J connectivity index is 1.63. The molecule has 0 saturated carbocycles. The fourth-order valence-corrected chi connectivity index (χ4v) is 4.80. The van der Waals surface area contributed by atoms with Gasteiger partial charge in [-0.1, -0.05) is 24.3 Å². The van der Waals surface area contributed by atoms with Crippen LogP contribution in [-0.2, 0) is 0 Å². The zero-order chi connectivity index (χ0) is 20.4. The standard InChI is InChI=1S/C22H26N4O2S/c1-15(2)26-22(28)17-9-4-3-8-16(17)20(24-26)21(27)23-14-18(19-10-7-13-29-19)25-11-5-6-12-25/h3-4,7-10,13,15,18H,5-6,11-12,14H2,1-2H3,(H,23,27). The van der Waals surface area contributed by atoms with Gasteiger partial charge in [-0.25, -0.2) is 4.68 Å². The minimum absolute atomic E-state index is 0.123. The number of fused-ring (bicyclic) bond motifs is 1. The van der Waals surface area contributed by atoms with Gasteiger partial charge in [0.05, 0.1) is 17.5 Å². The number of amides is 1. The lowest BCUT2D eigenvalue weighted by Crippen LogP contribution is -2.38.